The fraction of sp³-hybridized carbons (Fsp3) is 0.368. The van der Waals surface area contributed by atoms with Gasteiger partial charge in [0.15, 0.2) is 11.5 Å². The summed E-state index contributed by atoms with van der Waals surface area (Å²) < 4.78 is 25.1. The fourth-order valence-electron chi connectivity index (χ4n) is 2.18. The van der Waals surface area contributed by atoms with Crippen LogP contribution in [0.3, 0.4) is 0 Å². The van der Waals surface area contributed by atoms with Crippen LogP contribution in [-0.2, 0) is 13.2 Å². The molecule has 5 heteroatoms. The largest absolute Gasteiger partial charge is 0.490 e. The van der Waals surface area contributed by atoms with Gasteiger partial charge in [0.2, 0.25) is 0 Å². The molecule has 0 saturated heterocycles. The second-order valence-electron chi connectivity index (χ2n) is 5.74. The standard InChI is InChI=1S/C19H23ClFNO2/c1-4-23-18-9-15(11-22-13(2)3)16(20)10-19(18)24-12-14-7-5-6-8-17(14)21/h5-10,13,22H,4,11-12H2,1-3H3. The Morgan fingerprint density at radius 3 is 2.46 bits per heavy atom. The fourth-order valence-corrected chi connectivity index (χ4v) is 2.40. The van der Waals surface area contributed by atoms with Crippen LogP contribution in [0.25, 0.3) is 0 Å². The quantitative estimate of drug-likeness (QED) is 0.729. The lowest BCUT2D eigenvalue weighted by atomic mass is 10.2. The molecule has 0 saturated carbocycles. The Bertz CT molecular complexity index is 676. The summed E-state index contributed by atoms with van der Waals surface area (Å²) in [5.41, 5.74) is 1.42. The van der Waals surface area contributed by atoms with Gasteiger partial charge in [0.05, 0.1) is 6.61 Å². The number of rotatable bonds is 8. The average Bonchev–Trinajstić information content (AvgIpc) is 2.55. The first-order valence-electron chi connectivity index (χ1n) is 8.06. The van der Waals surface area contributed by atoms with Crippen molar-refractivity contribution in [2.75, 3.05) is 6.61 Å². The summed E-state index contributed by atoms with van der Waals surface area (Å²) in [6.45, 7) is 7.32. The van der Waals surface area contributed by atoms with Gasteiger partial charge in [0, 0.05) is 29.2 Å². The van der Waals surface area contributed by atoms with Crippen LogP contribution in [0.15, 0.2) is 36.4 Å². The summed E-state index contributed by atoms with van der Waals surface area (Å²) in [5, 5.41) is 3.92. The van der Waals surface area contributed by atoms with E-state index in [0.717, 1.165) is 5.56 Å². The summed E-state index contributed by atoms with van der Waals surface area (Å²) in [7, 11) is 0. The third-order valence-electron chi connectivity index (χ3n) is 3.45. The molecule has 0 aliphatic rings. The molecule has 3 nitrogen and oxygen atoms in total. The predicted molar refractivity (Wildman–Crippen MR) is 95.3 cm³/mol. The zero-order valence-electron chi connectivity index (χ0n) is 14.2. The number of hydrogen-bond donors (Lipinski definition) is 1. The topological polar surface area (TPSA) is 30.5 Å². The molecule has 0 aliphatic heterocycles. The molecule has 0 fully saturated rings. The van der Waals surface area contributed by atoms with Gasteiger partial charge in [-0.3, -0.25) is 0 Å². The van der Waals surface area contributed by atoms with Gasteiger partial charge in [-0.1, -0.05) is 43.6 Å². The highest BCUT2D eigenvalue weighted by Gasteiger charge is 2.12. The molecule has 0 unspecified atom stereocenters. The first-order chi connectivity index (χ1) is 11.5. The molecule has 0 radical (unpaired) electrons. The number of benzene rings is 2. The van der Waals surface area contributed by atoms with Crippen molar-refractivity contribution >= 4 is 11.6 Å². The highest BCUT2D eigenvalue weighted by molar-refractivity contribution is 6.31. The Morgan fingerprint density at radius 1 is 1.08 bits per heavy atom. The molecule has 2 rings (SSSR count). The van der Waals surface area contributed by atoms with Gasteiger partial charge in [-0.05, 0) is 24.6 Å². The van der Waals surface area contributed by atoms with Crippen LogP contribution >= 0.6 is 11.6 Å². The third kappa shape index (κ3) is 5.11. The van der Waals surface area contributed by atoms with E-state index in [0.29, 0.717) is 41.3 Å². The van der Waals surface area contributed by atoms with Crippen LogP contribution in [0.2, 0.25) is 5.02 Å². The monoisotopic (exact) mass is 351 g/mol. The van der Waals surface area contributed by atoms with Crippen LogP contribution in [0, 0.1) is 5.82 Å². The molecular weight excluding hydrogens is 329 g/mol. The average molecular weight is 352 g/mol. The van der Waals surface area contributed by atoms with Gasteiger partial charge in [-0.2, -0.15) is 0 Å². The summed E-state index contributed by atoms with van der Waals surface area (Å²) in [6, 6.07) is 10.5. The summed E-state index contributed by atoms with van der Waals surface area (Å²) in [4.78, 5) is 0. The van der Waals surface area contributed by atoms with Crippen LogP contribution in [0.4, 0.5) is 4.39 Å². The lowest BCUT2D eigenvalue weighted by Crippen LogP contribution is -2.22. The van der Waals surface area contributed by atoms with Crippen LogP contribution in [0.5, 0.6) is 11.5 Å². The molecule has 0 aromatic heterocycles. The highest BCUT2D eigenvalue weighted by Crippen LogP contribution is 2.34. The van der Waals surface area contributed by atoms with Gasteiger partial charge in [-0.15, -0.1) is 0 Å². The molecule has 0 amide bonds. The zero-order chi connectivity index (χ0) is 17.5. The van der Waals surface area contributed by atoms with E-state index < -0.39 is 0 Å². The van der Waals surface area contributed by atoms with Crippen molar-refractivity contribution in [2.45, 2.75) is 40.0 Å². The molecule has 2 aromatic carbocycles. The van der Waals surface area contributed by atoms with E-state index in [1.165, 1.54) is 6.07 Å². The normalized spacial score (nSPS) is 10.9. The third-order valence-corrected chi connectivity index (χ3v) is 3.81. The maximum Gasteiger partial charge on any atom is 0.163 e. The Hall–Kier alpha value is -1.78. The van der Waals surface area contributed by atoms with E-state index in [1.807, 2.05) is 13.0 Å². The molecular formula is C19H23ClFNO2. The van der Waals surface area contributed by atoms with Gasteiger partial charge in [0.25, 0.3) is 0 Å². The second kappa shape index (κ2) is 8.90. The van der Waals surface area contributed by atoms with Crippen molar-refractivity contribution in [2.24, 2.45) is 0 Å². The van der Waals surface area contributed by atoms with Crippen LogP contribution in [0.1, 0.15) is 31.9 Å². The van der Waals surface area contributed by atoms with Crippen LogP contribution in [-0.4, -0.2) is 12.6 Å². The number of ether oxygens (including phenoxy) is 2. The SMILES string of the molecule is CCOc1cc(CNC(C)C)c(Cl)cc1OCc1ccccc1F. The molecule has 1 N–H and O–H groups in total. The maximum absolute atomic E-state index is 13.7. The van der Waals surface area contributed by atoms with E-state index in [9.17, 15) is 4.39 Å². The first kappa shape index (κ1) is 18.6. The Kier molecular flexibility index (Phi) is 6.88. The van der Waals surface area contributed by atoms with Crippen molar-refractivity contribution in [1.82, 2.24) is 5.32 Å². The molecule has 0 spiro atoms. The Labute approximate surface area is 147 Å². The van der Waals surface area contributed by atoms with Gasteiger partial charge in [0.1, 0.15) is 12.4 Å². The summed E-state index contributed by atoms with van der Waals surface area (Å²) >= 11 is 6.35. The molecule has 24 heavy (non-hydrogen) atoms. The summed E-state index contributed by atoms with van der Waals surface area (Å²) in [5.74, 6) is 0.830. The predicted octanol–water partition coefficient (Wildman–Crippen LogP) is 4.95. The van der Waals surface area contributed by atoms with E-state index in [1.54, 1.807) is 24.3 Å². The molecule has 130 valence electrons. The van der Waals surface area contributed by atoms with E-state index in [4.69, 9.17) is 21.1 Å². The molecule has 0 atom stereocenters. The molecule has 2 aromatic rings. The first-order valence-corrected chi connectivity index (χ1v) is 8.43. The van der Waals surface area contributed by atoms with Gasteiger partial charge < -0.3 is 14.8 Å². The lowest BCUT2D eigenvalue weighted by Gasteiger charge is -2.16. The molecule has 0 heterocycles. The van der Waals surface area contributed by atoms with Crippen molar-refractivity contribution in [3.63, 3.8) is 0 Å². The minimum Gasteiger partial charge on any atom is -0.490 e. The number of nitrogens with one attached hydrogen (secondary N) is 1. The lowest BCUT2D eigenvalue weighted by molar-refractivity contribution is 0.265. The smallest absolute Gasteiger partial charge is 0.163 e. The minimum atomic E-state index is -0.292. The number of hydrogen-bond acceptors (Lipinski definition) is 3. The van der Waals surface area contributed by atoms with E-state index in [-0.39, 0.29) is 12.4 Å². The maximum atomic E-state index is 13.7. The van der Waals surface area contributed by atoms with Crippen molar-refractivity contribution in [3.05, 3.63) is 58.4 Å². The van der Waals surface area contributed by atoms with E-state index in [2.05, 4.69) is 19.2 Å². The molecule has 0 aliphatic carbocycles. The number of halogens is 2. The van der Waals surface area contributed by atoms with Crippen molar-refractivity contribution in [1.29, 1.82) is 0 Å². The van der Waals surface area contributed by atoms with Crippen LogP contribution < -0.4 is 14.8 Å². The van der Waals surface area contributed by atoms with Crippen molar-refractivity contribution in [3.8, 4) is 11.5 Å². The van der Waals surface area contributed by atoms with Gasteiger partial charge in [-0.25, -0.2) is 4.39 Å². The highest BCUT2D eigenvalue weighted by atomic mass is 35.5. The minimum absolute atomic E-state index is 0.118. The Balaban J connectivity index is 2.18. The molecule has 0 bridgehead atoms. The van der Waals surface area contributed by atoms with E-state index >= 15 is 0 Å². The Morgan fingerprint density at radius 2 is 1.79 bits per heavy atom. The van der Waals surface area contributed by atoms with Crippen molar-refractivity contribution < 1.29 is 13.9 Å². The zero-order valence-corrected chi connectivity index (χ0v) is 15.0. The second-order valence-corrected chi connectivity index (χ2v) is 6.15. The van der Waals surface area contributed by atoms with Gasteiger partial charge >= 0.3 is 0 Å². The summed E-state index contributed by atoms with van der Waals surface area (Å²) in [6.07, 6.45) is 0.